The van der Waals surface area contributed by atoms with Crippen LogP contribution in [-0.2, 0) is 18.9 Å². The van der Waals surface area contributed by atoms with E-state index in [1.54, 1.807) is 0 Å². The molecule has 0 aliphatic carbocycles. The standard InChI is InChI=1S/C21H45NO4/c1-5-10-21(2,3)11-9-14-24-16-18-26-20-19-25-17-15-23-13-8-6-7-12-22-4/h22H,5-20H2,1-4H3. The van der Waals surface area contributed by atoms with Crippen molar-refractivity contribution in [3.8, 4) is 0 Å². The van der Waals surface area contributed by atoms with Gasteiger partial charge in [-0.25, -0.2) is 0 Å². The van der Waals surface area contributed by atoms with E-state index in [2.05, 4.69) is 26.1 Å². The number of unbranched alkanes of at least 4 members (excludes halogenated alkanes) is 2. The summed E-state index contributed by atoms with van der Waals surface area (Å²) in [6.07, 6.45) is 8.47. The second kappa shape index (κ2) is 19.6. The van der Waals surface area contributed by atoms with Gasteiger partial charge in [0.1, 0.15) is 0 Å². The van der Waals surface area contributed by atoms with Crippen LogP contribution in [0.15, 0.2) is 0 Å². The summed E-state index contributed by atoms with van der Waals surface area (Å²) in [5, 5.41) is 3.15. The van der Waals surface area contributed by atoms with Gasteiger partial charge in [-0.1, -0.05) is 27.2 Å². The van der Waals surface area contributed by atoms with E-state index in [0.717, 1.165) is 32.6 Å². The summed E-state index contributed by atoms with van der Waals surface area (Å²) >= 11 is 0. The van der Waals surface area contributed by atoms with Crippen molar-refractivity contribution in [2.75, 3.05) is 66.4 Å². The molecular formula is C21H45NO4. The van der Waals surface area contributed by atoms with Crippen molar-refractivity contribution in [3.63, 3.8) is 0 Å². The normalized spacial score (nSPS) is 12.0. The summed E-state index contributed by atoms with van der Waals surface area (Å²) in [4.78, 5) is 0. The zero-order valence-corrected chi connectivity index (χ0v) is 17.9. The lowest BCUT2D eigenvalue weighted by molar-refractivity contribution is -0.00305. The van der Waals surface area contributed by atoms with Gasteiger partial charge < -0.3 is 24.3 Å². The van der Waals surface area contributed by atoms with Crippen LogP contribution in [0.3, 0.4) is 0 Å². The lowest BCUT2D eigenvalue weighted by Gasteiger charge is -2.23. The first-order valence-electron chi connectivity index (χ1n) is 10.6. The van der Waals surface area contributed by atoms with E-state index in [4.69, 9.17) is 18.9 Å². The van der Waals surface area contributed by atoms with Gasteiger partial charge in [-0.3, -0.25) is 0 Å². The Kier molecular flexibility index (Phi) is 19.4. The third-order valence-electron chi connectivity index (χ3n) is 4.40. The van der Waals surface area contributed by atoms with Crippen LogP contribution in [0.1, 0.15) is 65.7 Å². The highest BCUT2D eigenvalue weighted by molar-refractivity contribution is 4.67. The van der Waals surface area contributed by atoms with Crippen molar-refractivity contribution < 1.29 is 18.9 Å². The molecule has 0 radical (unpaired) electrons. The molecule has 1 N–H and O–H groups in total. The van der Waals surface area contributed by atoms with Crippen LogP contribution in [0.2, 0.25) is 0 Å². The Bertz CT molecular complexity index is 275. The van der Waals surface area contributed by atoms with Crippen molar-refractivity contribution in [2.24, 2.45) is 5.41 Å². The first kappa shape index (κ1) is 25.8. The fourth-order valence-electron chi connectivity index (χ4n) is 2.90. The molecule has 0 aromatic rings. The van der Waals surface area contributed by atoms with Crippen LogP contribution in [0.25, 0.3) is 0 Å². The van der Waals surface area contributed by atoms with Gasteiger partial charge in [-0.05, 0) is 57.5 Å². The molecular weight excluding hydrogens is 330 g/mol. The van der Waals surface area contributed by atoms with Crippen molar-refractivity contribution in [2.45, 2.75) is 65.7 Å². The van der Waals surface area contributed by atoms with Crippen LogP contribution in [0.5, 0.6) is 0 Å². The third kappa shape index (κ3) is 20.1. The molecule has 0 atom stereocenters. The maximum absolute atomic E-state index is 5.62. The zero-order valence-electron chi connectivity index (χ0n) is 17.9. The quantitative estimate of drug-likeness (QED) is 0.307. The van der Waals surface area contributed by atoms with E-state index in [0.29, 0.717) is 45.1 Å². The Morgan fingerprint density at radius 1 is 0.615 bits per heavy atom. The van der Waals surface area contributed by atoms with Crippen LogP contribution in [0.4, 0.5) is 0 Å². The number of hydrogen-bond donors (Lipinski definition) is 1. The van der Waals surface area contributed by atoms with E-state index in [-0.39, 0.29) is 0 Å². The summed E-state index contributed by atoms with van der Waals surface area (Å²) in [7, 11) is 1.99. The highest BCUT2D eigenvalue weighted by Gasteiger charge is 2.15. The minimum absolute atomic E-state index is 0.447. The van der Waals surface area contributed by atoms with E-state index in [1.165, 1.54) is 32.1 Å². The minimum Gasteiger partial charge on any atom is -0.379 e. The summed E-state index contributed by atoms with van der Waals surface area (Å²) in [6, 6.07) is 0. The highest BCUT2D eigenvalue weighted by Crippen LogP contribution is 2.27. The van der Waals surface area contributed by atoms with Crippen LogP contribution < -0.4 is 5.32 Å². The zero-order chi connectivity index (χ0) is 19.3. The molecule has 0 fully saturated rings. The number of nitrogens with one attached hydrogen (secondary N) is 1. The lowest BCUT2D eigenvalue weighted by Crippen LogP contribution is -2.14. The fourth-order valence-corrected chi connectivity index (χ4v) is 2.90. The molecule has 0 bridgehead atoms. The van der Waals surface area contributed by atoms with Gasteiger partial charge in [0, 0.05) is 13.2 Å². The van der Waals surface area contributed by atoms with Crippen molar-refractivity contribution in [1.29, 1.82) is 0 Å². The number of ether oxygens (including phenoxy) is 4. The summed E-state index contributed by atoms with van der Waals surface area (Å²) in [6.45, 7) is 13.6. The van der Waals surface area contributed by atoms with Gasteiger partial charge in [0.15, 0.2) is 0 Å². The molecule has 0 rings (SSSR count). The van der Waals surface area contributed by atoms with E-state index in [9.17, 15) is 0 Å². The Morgan fingerprint density at radius 2 is 1.12 bits per heavy atom. The smallest absolute Gasteiger partial charge is 0.0701 e. The Hall–Kier alpha value is -0.200. The molecule has 0 aromatic heterocycles. The van der Waals surface area contributed by atoms with Gasteiger partial charge in [0.25, 0.3) is 0 Å². The molecule has 0 heterocycles. The van der Waals surface area contributed by atoms with Crippen LogP contribution in [-0.4, -0.2) is 66.4 Å². The second-order valence-corrected chi connectivity index (χ2v) is 7.63. The molecule has 0 saturated heterocycles. The molecule has 0 saturated carbocycles. The molecule has 26 heavy (non-hydrogen) atoms. The predicted octanol–water partition coefficient (Wildman–Crippen LogP) is 4.05. The molecule has 0 aliphatic heterocycles. The van der Waals surface area contributed by atoms with Gasteiger partial charge in [-0.15, -0.1) is 0 Å². The minimum atomic E-state index is 0.447. The Labute approximate surface area is 162 Å². The van der Waals surface area contributed by atoms with Gasteiger partial charge >= 0.3 is 0 Å². The topological polar surface area (TPSA) is 49.0 Å². The van der Waals surface area contributed by atoms with Crippen molar-refractivity contribution >= 4 is 0 Å². The maximum atomic E-state index is 5.62. The summed E-state index contributed by atoms with van der Waals surface area (Å²) < 4.78 is 22.1. The number of rotatable bonds is 21. The van der Waals surface area contributed by atoms with Crippen molar-refractivity contribution in [3.05, 3.63) is 0 Å². The van der Waals surface area contributed by atoms with Crippen LogP contribution >= 0.6 is 0 Å². The molecule has 5 heteroatoms. The molecule has 0 aliphatic rings. The van der Waals surface area contributed by atoms with E-state index in [1.807, 2.05) is 7.05 Å². The monoisotopic (exact) mass is 375 g/mol. The highest BCUT2D eigenvalue weighted by atomic mass is 16.6. The second-order valence-electron chi connectivity index (χ2n) is 7.63. The summed E-state index contributed by atoms with van der Waals surface area (Å²) in [5.74, 6) is 0. The maximum Gasteiger partial charge on any atom is 0.0701 e. The number of hydrogen-bond acceptors (Lipinski definition) is 5. The molecule has 0 aromatic carbocycles. The summed E-state index contributed by atoms with van der Waals surface area (Å²) in [5.41, 5.74) is 0.447. The van der Waals surface area contributed by atoms with Gasteiger partial charge in [0.2, 0.25) is 0 Å². The molecule has 0 spiro atoms. The first-order valence-corrected chi connectivity index (χ1v) is 10.6. The third-order valence-corrected chi connectivity index (χ3v) is 4.40. The van der Waals surface area contributed by atoms with Gasteiger partial charge in [-0.2, -0.15) is 0 Å². The lowest BCUT2D eigenvalue weighted by atomic mass is 9.83. The van der Waals surface area contributed by atoms with E-state index < -0.39 is 0 Å². The molecule has 0 unspecified atom stereocenters. The molecule has 158 valence electrons. The average molecular weight is 376 g/mol. The SMILES string of the molecule is CCCC(C)(C)CCCOCCOCCOCCOCCCCCNC. The Morgan fingerprint density at radius 3 is 1.62 bits per heavy atom. The largest absolute Gasteiger partial charge is 0.379 e. The van der Waals surface area contributed by atoms with E-state index >= 15 is 0 Å². The van der Waals surface area contributed by atoms with Crippen molar-refractivity contribution in [1.82, 2.24) is 5.32 Å². The van der Waals surface area contributed by atoms with Gasteiger partial charge in [0.05, 0.1) is 39.6 Å². The average Bonchev–Trinajstić information content (AvgIpc) is 2.60. The van der Waals surface area contributed by atoms with Crippen LogP contribution in [0, 0.1) is 5.41 Å². The fraction of sp³-hybridized carbons (Fsp3) is 1.00. The Balaban J connectivity index is 3.09. The predicted molar refractivity (Wildman–Crippen MR) is 109 cm³/mol. The molecule has 0 amide bonds. The first-order chi connectivity index (χ1) is 12.6. The molecule has 5 nitrogen and oxygen atoms in total.